The molecule has 12 heteroatoms. The highest BCUT2D eigenvalue weighted by Crippen LogP contribution is 2.43. The zero-order chi connectivity index (χ0) is 23.2. The molecule has 1 amide bonds. The molecule has 2 saturated heterocycles. The third kappa shape index (κ3) is 3.78. The number of nitrogens with zero attached hydrogens (tertiary/aromatic N) is 8. The Morgan fingerprint density at radius 3 is 2.58 bits per heavy atom. The van der Waals surface area contributed by atoms with Crippen LogP contribution in [0, 0.1) is 12.3 Å². The molecule has 5 heterocycles. The lowest BCUT2D eigenvalue weighted by molar-refractivity contribution is -0.138. The molecule has 12 nitrogen and oxygen atoms in total. The van der Waals surface area contributed by atoms with Crippen molar-refractivity contribution in [3.8, 4) is 5.82 Å². The number of aromatic nitrogens is 6. The number of aryl methyl sites for hydroxylation is 1. The van der Waals surface area contributed by atoms with Gasteiger partial charge in [0.1, 0.15) is 19.0 Å². The van der Waals surface area contributed by atoms with Crippen molar-refractivity contribution in [1.82, 2.24) is 40.0 Å². The summed E-state index contributed by atoms with van der Waals surface area (Å²) in [6, 6.07) is 0. The van der Waals surface area contributed by atoms with Crippen molar-refractivity contribution < 1.29 is 19.4 Å². The number of amides is 1. The first kappa shape index (κ1) is 21.6. The van der Waals surface area contributed by atoms with Crippen LogP contribution in [0.3, 0.4) is 0 Å². The number of ether oxygens (including phenoxy) is 1. The zero-order valence-electron chi connectivity index (χ0n) is 18.6. The topological polar surface area (TPSA) is 139 Å². The Morgan fingerprint density at radius 2 is 1.94 bits per heavy atom. The number of piperidine rings is 1. The van der Waals surface area contributed by atoms with Gasteiger partial charge in [-0.25, -0.2) is 14.8 Å². The molecule has 3 aliphatic rings. The van der Waals surface area contributed by atoms with Gasteiger partial charge in [0, 0.05) is 13.1 Å². The number of likely N-dealkylation sites (tertiary alicyclic amines) is 2. The SMILES string of the molecule is CC1=C(N2CCC3(CCN(CC(O)c4cnc(-n5cnnn5)c(C)n4)CC3)C2=O)COC1=O. The summed E-state index contributed by atoms with van der Waals surface area (Å²) in [5, 5.41) is 21.8. The van der Waals surface area contributed by atoms with Gasteiger partial charge in [-0.1, -0.05) is 0 Å². The molecular formula is C21H26N8O4. The van der Waals surface area contributed by atoms with E-state index in [2.05, 4.69) is 30.4 Å². The van der Waals surface area contributed by atoms with E-state index in [0.717, 1.165) is 19.3 Å². The van der Waals surface area contributed by atoms with Gasteiger partial charge in [-0.3, -0.25) is 4.79 Å². The molecule has 2 fully saturated rings. The van der Waals surface area contributed by atoms with E-state index in [-0.39, 0.29) is 18.5 Å². The van der Waals surface area contributed by atoms with Crippen LogP contribution in [0.2, 0.25) is 0 Å². The Labute approximate surface area is 190 Å². The van der Waals surface area contributed by atoms with E-state index in [1.54, 1.807) is 24.9 Å². The van der Waals surface area contributed by atoms with E-state index < -0.39 is 11.5 Å². The Bertz CT molecular complexity index is 1110. The number of rotatable bonds is 5. The van der Waals surface area contributed by atoms with Crippen molar-refractivity contribution in [2.75, 3.05) is 32.8 Å². The zero-order valence-corrected chi connectivity index (χ0v) is 18.6. The molecule has 1 spiro atoms. The third-order valence-electron chi connectivity index (χ3n) is 7.01. The molecule has 0 aliphatic carbocycles. The Kier molecular flexibility index (Phi) is 5.41. The maximum atomic E-state index is 13.3. The normalized spacial score (nSPS) is 21.8. The molecule has 2 aromatic heterocycles. The fourth-order valence-electron chi connectivity index (χ4n) is 4.93. The second-order valence-corrected chi connectivity index (χ2v) is 8.91. The van der Waals surface area contributed by atoms with Crippen LogP contribution in [0.4, 0.5) is 0 Å². The van der Waals surface area contributed by atoms with E-state index in [9.17, 15) is 14.7 Å². The molecule has 3 aliphatic heterocycles. The van der Waals surface area contributed by atoms with Gasteiger partial charge in [0.15, 0.2) is 5.82 Å². The van der Waals surface area contributed by atoms with E-state index in [4.69, 9.17) is 4.74 Å². The van der Waals surface area contributed by atoms with Crippen molar-refractivity contribution in [3.63, 3.8) is 0 Å². The van der Waals surface area contributed by atoms with Gasteiger partial charge in [-0.15, -0.1) is 5.10 Å². The fourth-order valence-corrected chi connectivity index (χ4v) is 4.93. The third-order valence-corrected chi connectivity index (χ3v) is 7.01. The quantitative estimate of drug-likeness (QED) is 0.611. The average molecular weight is 454 g/mol. The summed E-state index contributed by atoms with van der Waals surface area (Å²) in [7, 11) is 0. The molecule has 0 saturated carbocycles. The number of cyclic esters (lactones) is 1. The number of carbonyl (C=O) groups excluding carboxylic acids is 2. The summed E-state index contributed by atoms with van der Waals surface area (Å²) >= 11 is 0. The van der Waals surface area contributed by atoms with Crippen molar-refractivity contribution in [3.05, 3.63) is 35.2 Å². The van der Waals surface area contributed by atoms with Crippen LogP contribution in [0.5, 0.6) is 0 Å². The van der Waals surface area contributed by atoms with Gasteiger partial charge in [0.05, 0.1) is 34.3 Å². The van der Waals surface area contributed by atoms with Crippen molar-refractivity contribution in [2.45, 2.75) is 39.2 Å². The number of carbonyl (C=O) groups is 2. The molecule has 0 radical (unpaired) electrons. The Hall–Kier alpha value is -3.25. The standard InChI is InChI=1S/C21H26N8O4/c1-13-16(11-33-19(13)31)28-8-5-21(20(28)32)3-6-27(7-4-21)10-17(30)15-9-22-18(14(2)24-15)29-12-23-25-26-29/h9,12,17,30H,3-8,10-11H2,1-2H3. The highest BCUT2D eigenvalue weighted by atomic mass is 16.5. The van der Waals surface area contributed by atoms with E-state index in [1.165, 1.54) is 11.0 Å². The first-order valence-electron chi connectivity index (χ1n) is 11.0. The molecule has 1 N–H and O–H groups in total. The maximum Gasteiger partial charge on any atom is 0.336 e. The molecule has 2 aromatic rings. The number of β-amino-alcohol motifs (C(OH)–C–C–N with tert-alkyl or cyclic N) is 1. The van der Waals surface area contributed by atoms with Gasteiger partial charge in [-0.2, -0.15) is 4.68 Å². The molecule has 0 aromatic carbocycles. The number of aliphatic hydroxyl groups is 1. The van der Waals surface area contributed by atoms with Crippen LogP contribution in [0.15, 0.2) is 23.8 Å². The predicted octanol–water partition coefficient (Wildman–Crippen LogP) is -0.0606. The van der Waals surface area contributed by atoms with Gasteiger partial charge < -0.3 is 19.6 Å². The summed E-state index contributed by atoms with van der Waals surface area (Å²) in [4.78, 5) is 37.7. The van der Waals surface area contributed by atoms with Crippen LogP contribution in [0.1, 0.15) is 43.7 Å². The van der Waals surface area contributed by atoms with Crippen LogP contribution < -0.4 is 0 Å². The molecule has 5 rings (SSSR count). The fraction of sp³-hybridized carbons (Fsp3) is 0.571. The minimum absolute atomic E-state index is 0.0926. The summed E-state index contributed by atoms with van der Waals surface area (Å²) < 4.78 is 6.52. The van der Waals surface area contributed by atoms with Crippen LogP contribution in [-0.4, -0.2) is 89.7 Å². The summed E-state index contributed by atoms with van der Waals surface area (Å²) in [5.74, 6) is 0.266. The molecule has 1 atom stereocenters. The number of esters is 1. The van der Waals surface area contributed by atoms with Gasteiger partial charge in [0.25, 0.3) is 0 Å². The van der Waals surface area contributed by atoms with Crippen molar-refractivity contribution >= 4 is 11.9 Å². The highest BCUT2D eigenvalue weighted by Gasteiger charge is 2.50. The first-order valence-corrected chi connectivity index (χ1v) is 11.0. The average Bonchev–Trinajstić information content (AvgIpc) is 3.53. The summed E-state index contributed by atoms with van der Waals surface area (Å²) in [6.07, 6.45) is 4.41. The van der Waals surface area contributed by atoms with Crippen molar-refractivity contribution in [2.24, 2.45) is 5.41 Å². The molecule has 33 heavy (non-hydrogen) atoms. The van der Waals surface area contributed by atoms with Gasteiger partial charge in [-0.05, 0) is 56.6 Å². The lowest BCUT2D eigenvalue weighted by atomic mass is 9.77. The minimum atomic E-state index is -0.793. The maximum absolute atomic E-state index is 13.3. The number of aliphatic hydroxyl groups excluding tert-OH is 1. The van der Waals surface area contributed by atoms with Crippen LogP contribution in [-0.2, 0) is 14.3 Å². The van der Waals surface area contributed by atoms with Gasteiger partial charge in [0.2, 0.25) is 5.91 Å². The van der Waals surface area contributed by atoms with E-state index in [1.807, 2.05) is 0 Å². The van der Waals surface area contributed by atoms with E-state index >= 15 is 0 Å². The minimum Gasteiger partial charge on any atom is -0.456 e. The molecule has 0 bridgehead atoms. The van der Waals surface area contributed by atoms with Crippen LogP contribution >= 0.6 is 0 Å². The lowest BCUT2D eigenvalue weighted by Crippen LogP contribution is -2.45. The Balaban J connectivity index is 1.20. The molecule has 1 unspecified atom stereocenters. The lowest BCUT2D eigenvalue weighted by Gasteiger charge is -2.38. The number of tetrazole rings is 1. The largest absolute Gasteiger partial charge is 0.456 e. The van der Waals surface area contributed by atoms with Crippen LogP contribution in [0.25, 0.3) is 5.82 Å². The molecule has 174 valence electrons. The first-order chi connectivity index (χ1) is 15.9. The smallest absolute Gasteiger partial charge is 0.336 e. The second kappa shape index (κ2) is 8.27. The predicted molar refractivity (Wildman–Crippen MR) is 113 cm³/mol. The Morgan fingerprint density at radius 1 is 1.18 bits per heavy atom. The monoisotopic (exact) mass is 454 g/mol. The van der Waals surface area contributed by atoms with E-state index in [0.29, 0.717) is 54.7 Å². The van der Waals surface area contributed by atoms with Crippen molar-refractivity contribution in [1.29, 1.82) is 0 Å². The number of hydrogen-bond acceptors (Lipinski definition) is 10. The van der Waals surface area contributed by atoms with Gasteiger partial charge >= 0.3 is 5.97 Å². The number of hydrogen-bond donors (Lipinski definition) is 1. The summed E-state index contributed by atoms with van der Waals surface area (Å²) in [6.45, 7) is 6.14. The summed E-state index contributed by atoms with van der Waals surface area (Å²) in [5.41, 5.74) is 1.94. The molecular weight excluding hydrogens is 428 g/mol. The highest BCUT2D eigenvalue weighted by molar-refractivity contribution is 5.94. The second-order valence-electron chi connectivity index (χ2n) is 8.91.